The minimum atomic E-state index is -3.69. The van der Waals surface area contributed by atoms with Crippen LogP contribution in [0.3, 0.4) is 0 Å². The summed E-state index contributed by atoms with van der Waals surface area (Å²) < 4.78 is 32.4. The molecule has 0 aromatic heterocycles. The number of halogens is 1. The second kappa shape index (κ2) is 9.66. The van der Waals surface area contributed by atoms with Gasteiger partial charge >= 0.3 is 5.97 Å². The summed E-state index contributed by atoms with van der Waals surface area (Å²) in [5.74, 6) is -1.03. The van der Waals surface area contributed by atoms with Gasteiger partial charge < -0.3 is 9.64 Å². The number of carbonyl (C=O) groups is 2. The Kier molecular flexibility index (Phi) is 7.42. The summed E-state index contributed by atoms with van der Waals surface area (Å²) in [6.45, 7) is 5.16. The van der Waals surface area contributed by atoms with E-state index in [2.05, 4.69) is 0 Å². The van der Waals surface area contributed by atoms with Crippen LogP contribution in [-0.2, 0) is 19.6 Å². The van der Waals surface area contributed by atoms with Gasteiger partial charge in [0, 0.05) is 25.7 Å². The predicted molar refractivity (Wildman–Crippen MR) is 114 cm³/mol. The maximum Gasteiger partial charge on any atom is 0.340 e. The number of amides is 1. The van der Waals surface area contributed by atoms with E-state index in [0.29, 0.717) is 19.6 Å². The zero-order valence-electron chi connectivity index (χ0n) is 17.5. The number of nitrogens with zero attached hydrogens (tertiary/aromatic N) is 2. The second-order valence-corrected chi connectivity index (χ2v) is 10.2. The van der Waals surface area contributed by atoms with E-state index in [4.69, 9.17) is 16.3 Å². The van der Waals surface area contributed by atoms with Crippen LogP contribution in [0.1, 0.15) is 62.7 Å². The molecule has 0 radical (unpaired) electrons. The lowest BCUT2D eigenvalue weighted by Crippen LogP contribution is -2.48. The molecule has 3 rings (SSSR count). The number of hydrogen-bond acceptors (Lipinski definition) is 5. The number of hydrogen-bond donors (Lipinski definition) is 0. The normalized spacial score (nSPS) is 21.4. The average molecular weight is 457 g/mol. The van der Waals surface area contributed by atoms with Gasteiger partial charge in [0.25, 0.3) is 5.91 Å². The molecule has 0 bridgehead atoms. The lowest BCUT2D eigenvalue weighted by Gasteiger charge is -2.36. The lowest BCUT2D eigenvalue weighted by molar-refractivity contribution is -0.143. The third-order valence-corrected chi connectivity index (χ3v) is 8.10. The van der Waals surface area contributed by atoms with Gasteiger partial charge in [-0.25, -0.2) is 13.2 Å². The van der Waals surface area contributed by atoms with Crippen molar-refractivity contribution in [2.75, 3.05) is 19.6 Å². The van der Waals surface area contributed by atoms with Gasteiger partial charge in [0.15, 0.2) is 6.10 Å². The molecule has 0 aliphatic carbocycles. The van der Waals surface area contributed by atoms with E-state index in [1.807, 2.05) is 6.92 Å². The molecule has 0 saturated carbocycles. The van der Waals surface area contributed by atoms with Crippen molar-refractivity contribution in [1.82, 2.24) is 9.21 Å². The van der Waals surface area contributed by atoms with E-state index < -0.39 is 22.1 Å². The monoisotopic (exact) mass is 456 g/mol. The SMILES string of the molecule is CCC1CCCCN1C(=O)C(C)OC(=O)c1cc(S(=O)(=O)N2CCCC2)ccc1Cl. The number of likely N-dealkylation sites (tertiary alicyclic amines) is 1. The molecule has 2 fully saturated rings. The summed E-state index contributed by atoms with van der Waals surface area (Å²) in [7, 11) is -3.69. The van der Waals surface area contributed by atoms with Crippen LogP contribution in [0.15, 0.2) is 23.1 Å². The molecule has 1 amide bonds. The Hall–Kier alpha value is -1.64. The molecular weight excluding hydrogens is 428 g/mol. The topological polar surface area (TPSA) is 84.0 Å². The molecule has 2 heterocycles. The molecule has 1 aromatic rings. The summed E-state index contributed by atoms with van der Waals surface area (Å²) >= 11 is 6.15. The van der Waals surface area contributed by atoms with E-state index in [-0.39, 0.29) is 27.4 Å². The van der Waals surface area contributed by atoms with Gasteiger partial charge in [-0.2, -0.15) is 4.31 Å². The first-order chi connectivity index (χ1) is 14.3. The highest BCUT2D eigenvalue weighted by Gasteiger charge is 2.32. The maximum absolute atomic E-state index is 12.8. The minimum absolute atomic E-state index is 0.00167. The number of piperidine rings is 1. The number of esters is 1. The summed E-state index contributed by atoms with van der Waals surface area (Å²) in [6, 6.07) is 4.17. The molecule has 2 aliphatic heterocycles. The third-order valence-electron chi connectivity index (χ3n) is 5.87. The fourth-order valence-corrected chi connectivity index (χ4v) is 5.86. The fraction of sp³-hybridized carbons (Fsp3) is 0.619. The summed E-state index contributed by atoms with van der Waals surface area (Å²) in [5, 5.41) is 0.0874. The Morgan fingerprint density at radius 2 is 1.83 bits per heavy atom. The average Bonchev–Trinajstić information content (AvgIpc) is 3.29. The van der Waals surface area contributed by atoms with Gasteiger partial charge in [-0.3, -0.25) is 4.79 Å². The smallest absolute Gasteiger partial charge is 0.340 e. The summed E-state index contributed by atoms with van der Waals surface area (Å²) in [6.07, 6.45) is 4.49. The zero-order chi connectivity index (χ0) is 21.9. The van der Waals surface area contributed by atoms with Crippen LogP contribution < -0.4 is 0 Å². The van der Waals surface area contributed by atoms with E-state index >= 15 is 0 Å². The first kappa shape index (κ1) is 23.0. The lowest BCUT2D eigenvalue weighted by atomic mass is 9.99. The van der Waals surface area contributed by atoms with Crippen molar-refractivity contribution in [3.8, 4) is 0 Å². The predicted octanol–water partition coefficient (Wildman–Crippen LogP) is 3.46. The molecule has 2 saturated heterocycles. The van der Waals surface area contributed by atoms with E-state index in [0.717, 1.165) is 38.5 Å². The van der Waals surface area contributed by atoms with Crippen molar-refractivity contribution >= 4 is 33.5 Å². The number of benzene rings is 1. The summed E-state index contributed by atoms with van der Waals surface area (Å²) in [5.41, 5.74) is -0.0534. The maximum atomic E-state index is 12.8. The van der Waals surface area contributed by atoms with Crippen LogP contribution in [0.2, 0.25) is 5.02 Å². The van der Waals surface area contributed by atoms with Gasteiger partial charge in [-0.15, -0.1) is 0 Å². The molecule has 2 atom stereocenters. The molecule has 0 spiro atoms. The van der Waals surface area contributed by atoms with Gasteiger partial charge in [0.05, 0.1) is 15.5 Å². The molecule has 30 heavy (non-hydrogen) atoms. The molecule has 1 aromatic carbocycles. The van der Waals surface area contributed by atoms with Crippen molar-refractivity contribution in [1.29, 1.82) is 0 Å². The van der Waals surface area contributed by atoms with Crippen LogP contribution in [0.5, 0.6) is 0 Å². The first-order valence-corrected chi connectivity index (χ1v) is 12.4. The Bertz CT molecular complexity index is 899. The largest absolute Gasteiger partial charge is 0.449 e. The van der Waals surface area contributed by atoms with Gasteiger partial charge in [0.2, 0.25) is 10.0 Å². The Labute approximate surface area is 183 Å². The van der Waals surface area contributed by atoms with Gasteiger partial charge in [-0.05, 0) is 63.6 Å². The second-order valence-electron chi connectivity index (χ2n) is 7.89. The van der Waals surface area contributed by atoms with Crippen molar-refractivity contribution < 1.29 is 22.7 Å². The first-order valence-electron chi connectivity index (χ1n) is 10.6. The van der Waals surface area contributed by atoms with Crippen molar-refractivity contribution in [3.05, 3.63) is 28.8 Å². The minimum Gasteiger partial charge on any atom is -0.449 e. The highest BCUT2D eigenvalue weighted by atomic mass is 35.5. The van der Waals surface area contributed by atoms with Crippen LogP contribution in [-0.4, -0.2) is 61.3 Å². The van der Waals surface area contributed by atoms with Crippen molar-refractivity contribution in [2.45, 2.75) is 69.4 Å². The standard InChI is InChI=1S/C21H29ClN2O5S/c1-3-16-8-4-5-13-24(16)20(25)15(2)29-21(26)18-14-17(9-10-19(18)22)30(27,28)23-11-6-7-12-23/h9-10,14-16H,3-8,11-13H2,1-2H3. The van der Waals surface area contributed by atoms with E-state index in [9.17, 15) is 18.0 Å². The molecule has 9 heteroatoms. The number of ether oxygens (including phenoxy) is 1. The Balaban J connectivity index is 1.75. The highest BCUT2D eigenvalue weighted by molar-refractivity contribution is 7.89. The van der Waals surface area contributed by atoms with Crippen molar-refractivity contribution in [2.24, 2.45) is 0 Å². The zero-order valence-corrected chi connectivity index (χ0v) is 19.0. The fourth-order valence-electron chi connectivity index (χ4n) is 4.12. The molecular formula is C21H29ClN2O5S. The highest BCUT2D eigenvalue weighted by Crippen LogP contribution is 2.27. The Morgan fingerprint density at radius 1 is 1.17 bits per heavy atom. The van der Waals surface area contributed by atoms with E-state index in [1.54, 1.807) is 11.8 Å². The number of rotatable bonds is 6. The number of sulfonamides is 1. The molecule has 2 unspecified atom stereocenters. The third kappa shape index (κ3) is 4.81. The van der Waals surface area contributed by atoms with Crippen molar-refractivity contribution in [3.63, 3.8) is 0 Å². The van der Waals surface area contributed by atoms with Crippen LogP contribution in [0.25, 0.3) is 0 Å². The quantitative estimate of drug-likeness (QED) is 0.612. The van der Waals surface area contributed by atoms with E-state index in [1.165, 1.54) is 22.5 Å². The Morgan fingerprint density at radius 3 is 2.50 bits per heavy atom. The molecule has 7 nitrogen and oxygen atoms in total. The van der Waals surface area contributed by atoms with Gasteiger partial charge in [-0.1, -0.05) is 18.5 Å². The van der Waals surface area contributed by atoms with Gasteiger partial charge in [0.1, 0.15) is 0 Å². The van der Waals surface area contributed by atoms with Crippen LogP contribution in [0, 0.1) is 0 Å². The summed E-state index contributed by atoms with van der Waals surface area (Å²) in [4.78, 5) is 27.4. The molecule has 166 valence electrons. The van der Waals surface area contributed by atoms with Crippen LogP contribution in [0.4, 0.5) is 0 Å². The molecule has 0 N–H and O–H groups in total. The van der Waals surface area contributed by atoms with Crippen LogP contribution >= 0.6 is 11.6 Å². The number of carbonyl (C=O) groups excluding carboxylic acids is 2. The molecule has 2 aliphatic rings.